The van der Waals surface area contributed by atoms with Crippen molar-refractivity contribution in [2.75, 3.05) is 18.4 Å². The van der Waals surface area contributed by atoms with E-state index in [1.54, 1.807) is 23.1 Å². The van der Waals surface area contributed by atoms with Crippen LogP contribution in [0.1, 0.15) is 65.3 Å². The molecule has 1 aromatic heterocycles. The van der Waals surface area contributed by atoms with Crippen molar-refractivity contribution in [2.24, 2.45) is 0 Å². The van der Waals surface area contributed by atoms with Gasteiger partial charge in [-0.3, -0.25) is 9.59 Å². The van der Waals surface area contributed by atoms with Gasteiger partial charge in [0.05, 0.1) is 21.3 Å². The van der Waals surface area contributed by atoms with E-state index >= 15 is 0 Å². The van der Waals surface area contributed by atoms with E-state index in [2.05, 4.69) is 31.1 Å². The number of benzene rings is 1. The molecule has 0 saturated heterocycles. The lowest BCUT2D eigenvalue weighted by Gasteiger charge is -2.19. The number of hydrogen-bond donors (Lipinski definition) is 1. The maximum Gasteiger partial charge on any atom is 0.267 e. The van der Waals surface area contributed by atoms with Crippen molar-refractivity contribution in [2.45, 2.75) is 47.0 Å². The third-order valence-electron chi connectivity index (χ3n) is 4.15. The first-order valence-corrected chi connectivity index (χ1v) is 10.2. The molecule has 146 valence electrons. The van der Waals surface area contributed by atoms with Crippen molar-refractivity contribution in [3.8, 4) is 0 Å². The first-order valence-electron chi connectivity index (χ1n) is 8.96. The molecule has 0 fully saturated rings. The fourth-order valence-electron chi connectivity index (χ4n) is 2.56. The van der Waals surface area contributed by atoms with Gasteiger partial charge in [-0.05, 0) is 39.0 Å². The minimum absolute atomic E-state index is 0.107. The molecule has 0 unspecified atom stereocenters. The van der Waals surface area contributed by atoms with Crippen molar-refractivity contribution in [3.05, 3.63) is 44.4 Å². The molecule has 5 nitrogen and oxygen atoms in total. The van der Waals surface area contributed by atoms with Crippen LogP contribution < -0.4 is 5.32 Å². The number of carbonyl (C=O) groups is 2. The number of hydrogen-bond acceptors (Lipinski definition) is 4. The number of carbonyl (C=O) groups excluding carboxylic acids is 2. The first kappa shape index (κ1) is 21.4. The Morgan fingerprint density at radius 1 is 1.22 bits per heavy atom. The fourth-order valence-corrected chi connectivity index (χ4v) is 3.84. The van der Waals surface area contributed by atoms with Crippen molar-refractivity contribution in [1.29, 1.82) is 0 Å². The van der Waals surface area contributed by atoms with Gasteiger partial charge < -0.3 is 10.2 Å². The SMILES string of the molecule is CCN(CC)C(=O)c1ccc(NC(=O)c2sc(C(C)(C)C)nc2C)cc1Cl. The second-order valence-corrected chi connectivity index (χ2v) is 8.72. The Morgan fingerprint density at radius 3 is 2.33 bits per heavy atom. The van der Waals surface area contributed by atoms with Crippen LogP contribution in [0.5, 0.6) is 0 Å². The molecule has 1 aromatic carbocycles. The third kappa shape index (κ3) is 4.87. The summed E-state index contributed by atoms with van der Waals surface area (Å²) in [4.78, 5) is 31.9. The highest BCUT2D eigenvalue weighted by atomic mass is 35.5. The summed E-state index contributed by atoms with van der Waals surface area (Å²) in [5.41, 5.74) is 1.58. The molecule has 0 aliphatic carbocycles. The number of aryl methyl sites for hydroxylation is 1. The zero-order valence-electron chi connectivity index (χ0n) is 16.6. The van der Waals surface area contributed by atoms with Gasteiger partial charge in [0.25, 0.3) is 11.8 Å². The average molecular weight is 408 g/mol. The normalized spacial score (nSPS) is 11.4. The van der Waals surface area contributed by atoms with Crippen LogP contribution in [0.15, 0.2) is 18.2 Å². The maximum absolute atomic E-state index is 12.6. The van der Waals surface area contributed by atoms with Gasteiger partial charge in [0.1, 0.15) is 4.88 Å². The highest BCUT2D eigenvalue weighted by Gasteiger charge is 2.23. The largest absolute Gasteiger partial charge is 0.339 e. The molecule has 1 heterocycles. The zero-order valence-corrected chi connectivity index (χ0v) is 18.2. The van der Waals surface area contributed by atoms with E-state index < -0.39 is 0 Å². The summed E-state index contributed by atoms with van der Waals surface area (Å²) in [5.74, 6) is -0.338. The van der Waals surface area contributed by atoms with E-state index in [-0.39, 0.29) is 17.2 Å². The number of aromatic nitrogens is 1. The van der Waals surface area contributed by atoms with Crippen LogP contribution in [0.25, 0.3) is 0 Å². The lowest BCUT2D eigenvalue weighted by molar-refractivity contribution is 0.0773. The molecule has 7 heteroatoms. The second-order valence-electron chi connectivity index (χ2n) is 7.31. The predicted octanol–water partition coefficient (Wildman–Crippen LogP) is 5.14. The van der Waals surface area contributed by atoms with Crippen LogP contribution in [0, 0.1) is 6.92 Å². The van der Waals surface area contributed by atoms with Crippen LogP contribution in [0.3, 0.4) is 0 Å². The number of amides is 2. The van der Waals surface area contributed by atoms with Crippen LogP contribution in [-0.2, 0) is 5.41 Å². The number of anilines is 1. The molecular formula is C20H26ClN3O2S. The molecule has 1 N–H and O–H groups in total. The summed E-state index contributed by atoms with van der Waals surface area (Å²) >= 11 is 7.70. The Balaban J connectivity index is 2.21. The van der Waals surface area contributed by atoms with E-state index in [1.165, 1.54) is 11.3 Å². The Labute approximate surface area is 169 Å². The Hall–Kier alpha value is -1.92. The zero-order chi connectivity index (χ0) is 20.4. The van der Waals surface area contributed by atoms with E-state index in [9.17, 15) is 9.59 Å². The first-order chi connectivity index (χ1) is 12.6. The molecule has 0 aliphatic rings. The van der Waals surface area contributed by atoms with E-state index in [0.717, 1.165) is 5.01 Å². The summed E-state index contributed by atoms with van der Waals surface area (Å²) in [6, 6.07) is 4.96. The van der Waals surface area contributed by atoms with Gasteiger partial charge in [-0.1, -0.05) is 32.4 Å². The van der Waals surface area contributed by atoms with Crippen LogP contribution in [0.2, 0.25) is 5.02 Å². The standard InChI is InChI=1S/C20H26ClN3O2S/c1-7-24(8-2)18(26)14-10-9-13(11-15(14)21)23-17(25)16-12(3)22-19(27-16)20(4,5)6/h9-11H,7-8H2,1-6H3,(H,23,25). The van der Waals surface area contributed by atoms with E-state index in [0.29, 0.717) is 39.9 Å². The smallest absolute Gasteiger partial charge is 0.267 e. The predicted molar refractivity (Wildman–Crippen MR) is 112 cm³/mol. The summed E-state index contributed by atoms with van der Waals surface area (Å²) in [5, 5.41) is 4.09. The number of rotatable bonds is 5. The summed E-state index contributed by atoms with van der Waals surface area (Å²) < 4.78 is 0. The summed E-state index contributed by atoms with van der Waals surface area (Å²) in [7, 11) is 0. The van der Waals surface area contributed by atoms with Crippen LogP contribution >= 0.6 is 22.9 Å². The van der Waals surface area contributed by atoms with Crippen molar-refractivity contribution >= 4 is 40.4 Å². The molecule has 0 aliphatic heterocycles. The lowest BCUT2D eigenvalue weighted by atomic mass is 9.98. The molecule has 0 bridgehead atoms. The van der Waals surface area contributed by atoms with E-state index in [1.807, 2.05) is 20.8 Å². The number of halogens is 1. The van der Waals surface area contributed by atoms with Gasteiger partial charge in [0, 0.05) is 24.2 Å². The van der Waals surface area contributed by atoms with Gasteiger partial charge >= 0.3 is 0 Å². The Bertz CT molecular complexity index is 851. The highest BCUT2D eigenvalue weighted by molar-refractivity contribution is 7.14. The topological polar surface area (TPSA) is 62.3 Å². The summed E-state index contributed by atoms with van der Waals surface area (Å²) in [6.45, 7) is 13.1. The van der Waals surface area contributed by atoms with Gasteiger partial charge in [0.15, 0.2) is 0 Å². The fraction of sp³-hybridized carbons (Fsp3) is 0.450. The molecule has 27 heavy (non-hydrogen) atoms. The second kappa shape index (κ2) is 8.40. The van der Waals surface area contributed by atoms with Crippen LogP contribution in [0.4, 0.5) is 5.69 Å². The number of nitrogens with one attached hydrogen (secondary N) is 1. The Kier molecular flexibility index (Phi) is 6.65. The molecule has 2 amide bonds. The molecule has 0 atom stereocenters. The third-order valence-corrected chi connectivity index (χ3v) is 6.05. The molecule has 0 radical (unpaired) electrons. The summed E-state index contributed by atoms with van der Waals surface area (Å²) in [6.07, 6.45) is 0. The Morgan fingerprint density at radius 2 is 1.85 bits per heavy atom. The quantitative estimate of drug-likeness (QED) is 0.746. The average Bonchev–Trinajstić information content (AvgIpc) is 2.98. The van der Waals surface area contributed by atoms with Gasteiger partial charge in [-0.2, -0.15) is 0 Å². The molecule has 2 aromatic rings. The minimum Gasteiger partial charge on any atom is -0.339 e. The van der Waals surface area contributed by atoms with Crippen molar-refractivity contribution in [3.63, 3.8) is 0 Å². The minimum atomic E-state index is -0.223. The monoisotopic (exact) mass is 407 g/mol. The highest BCUT2D eigenvalue weighted by Crippen LogP contribution is 2.30. The van der Waals surface area contributed by atoms with Gasteiger partial charge in [0.2, 0.25) is 0 Å². The lowest BCUT2D eigenvalue weighted by Crippen LogP contribution is -2.30. The van der Waals surface area contributed by atoms with Crippen molar-refractivity contribution in [1.82, 2.24) is 9.88 Å². The molecule has 2 rings (SSSR count). The number of nitrogens with zero attached hydrogens (tertiary/aromatic N) is 2. The van der Waals surface area contributed by atoms with Crippen molar-refractivity contribution < 1.29 is 9.59 Å². The van der Waals surface area contributed by atoms with E-state index in [4.69, 9.17) is 11.6 Å². The number of thiazole rings is 1. The molecular weight excluding hydrogens is 382 g/mol. The van der Waals surface area contributed by atoms with Gasteiger partial charge in [-0.25, -0.2) is 4.98 Å². The van der Waals surface area contributed by atoms with Gasteiger partial charge in [-0.15, -0.1) is 11.3 Å². The maximum atomic E-state index is 12.6. The van der Waals surface area contributed by atoms with Crippen LogP contribution in [-0.4, -0.2) is 34.8 Å². The molecule has 0 spiro atoms. The molecule has 0 saturated carbocycles.